The lowest BCUT2D eigenvalue weighted by Gasteiger charge is -2.32. The third-order valence-corrected chi connectivity index (χ3v) is 5.17. The third-order valence-electron chi connectivity index (χ3n) is 5.17. The quantitative estimate of drug-likeness (QED) is 0.789. The highest BCUT2D eigenvalue weighted by molar-refractivity contribution is 5.55. The van der Waals surface area contributed by atoms with Crippen LogP contribution in [0.3, 0.4) is 0 Å². The average Bonchev–Trinajstić information content (AvgIpc) is 3.03. The van der Waals surface area contributed by atoms with Crippen LogP contribution in [0.4, 0.5) is 0 Å². The molecular weight excluding hydrogens is 356 g/mol. The van der Waals surface area contributed by atoms with Crippen molar-refractivity contribution in [3.63, 3.8) is 0 Å². The summed E-state index contributed by atoms with van der Waals surface area (Å²) in [6.07, 6.45) is 1.11. The molecule has 152 valence electrons. The Labute approximate surface area is 167 Å². The van der Waals surface area contributed by atoms with Crippen LogP contribution in [0.1, 0.15) is 23.6 Å². The van der Waals surface area contributed by atoms with Crippen molar-refractivity contribution >= 4 is 0 Å². The number of nitrogens with one attached hydrogen (secondary N) is 1. The van der Waals surface area contributed by atoms with Crippen LogP contribution in [-0.4, -0.2) is 59.5 Å². The monoisotopic (exact) mass is 386 g/mol. The molecule has 0 saturated carbocycles. The first-order chi connectivity index (χ1) is 13.7. The fourth-order valence-corrected chi connectivity index (χ4v) is 3.78. The van der Waals surface area contributed by atoms with E-state index >= 15 is 0 Å². The standard InChI is InChI=1S/C22H30N2O4/c1-25-18-8-6-16(7-9-18)21(24-12-5-10-23-11-13-24)17-14-19(26-2)22(28-4)20(15-17)27-3/h6-9,14-15,21,23H,5,10-13H2,1-4H3. The Balaban J connectivity index is 2.09. The molecule has 3 rings (SSSR count). The molecule has 1 heterocycles. The molecule has 6 heteroatoms. The van der Waals surface area contributed by atoms with Gasteiger partial charge in [0.1, 0.15) is 5.75 Å². The second-order valence-electron chi connectivity index (χ2n) is 6.77. The number of hydrogen-bond donors (Lipinski definition) is 1. The molecule has 1 fully saturated rings. The lowest BCUT2D eigenvalue weighted by atomic mass is 9.95. The molecular formula is C22H30N2O4. The maximum absolute atomic E-state index is 5.60. The van der Waals surface area contributed by atoms with E-state index in [2.05, 4.69) is 34.5 Å². The van der Waals surface area contributed by atoms with Gasteiger partial charge in [0.15, 0.2) is 11.5 Å². The third kappa shape index (κ3) is 4.34. The summed E-state index contributed by atoms with van der Waals surface area (Å²) in [5, 5.41) is 3.49. The zero-order chi connectivity index (χ0) is 19.9. The Hall–Kier alpha value is -2.44. The van der Waals surface area contributed by atoms with Crippen LogP contribution >= 0.6 is 0 Å². The summed E-state index contributed by atoms with van der Waals surface area (Å²) >= 11 is 0. The molecule has 28 heavy (non-hydrogen) atoms. The van der Waals surface area contributed by atoms with E-state index < -0.39 is 0 Å². The van der Waals surface area contributed by atoms with Crippen LogP contribution in [0.5, 0.6) is 23.0 Å². The van der Waals surface area contributed by atoms with E-state index in [9.17, 15) is 0 Å². The van der Waals surface area contributed by atoms with Crippen molar-refractivity contribution < 1.29 is 18.9 Å². The van der Waals surface area contributed by atoms with Crippen molar-refractivity contribution in [2.45, 2.75) is 12.5 Å². The Morgan fingerprint density at radius 2 is 1.46 bits per heavy atom. The van der Waals surface area contributed by atoms with Gasteiger partial charge in [-0.3, -0.25) is 4.90 Å². The summed E-state index contributed by atoms with van der Waals surface area (Å²) in [6, 6.07) is 12.5. The van der Waals surface area contributed by atoms with Crippen molar-refractivity contribution in [3.05, 3.63) is 47.5 Å². The summed E-state index contributed by atoms with van der Waals surface area (Å²) in [6.45, 7) is 3.99. The molecule has 0 bridgehead atoms. The lowest BCUT2D eigenvalue weighted by Crippen LogP contribution is -2.33. The van der Waals surface area contributed by atoms with Crippen LogP contribution in [0.15, 0.2) is 36.4 Å². The molecule has 0 spiro atoms. The number of methoxy groups -OCH3 is 4. The van der Waals surface area contributed by atoms with E-state index in [1.54, 1.807) is 28.4 Å². The molecule has 0 radical (unpaired) electrons. The predicted molar refractivity (Wildman–Crippen MR) is 110 cm³/mol. The van der Waals surface area contributed by atoms with Crippen LogP contribution in [0.25, 0.3) is 0 Å². The number of ether oxygens (including phenoxy) is 4. The number of hydrogen-bond acceptors (Lipinski definition) is 6. The van der Waals surface area contributed by atoms with E-state index in [1.807, 2.05) is 12.1 Å². The molecule has 0 amide bonds. The number of rotatable bonds is 7. The van der Waals surface area contributed by atoms with Gasteiger partial charge in [0, 0.05) is 19.6 Å². The molecule has 1 saturated heterocycles. The van der Waals surface area contributed by atoms with Gasteiger partial charge < -0.3 is 24.3 Å². The molecule has 2 aromatic rings. The van der Waals surface area contributed by atoms with Gasteiger partial charge in [-0.05, 0) is 48.4 Å². The largest absolute Gasteiger partial charge is 0.497 e. The minimum Gasteiger partial charge on any atom is -0.497 e. The molecule has 0 aromatic heterocycles. The van der Waals surface area contributed by atoms with Crippen molar-refractivity contribution in [2.75, 3.05) is 54.6 Å². The highest BCUT2D eigenvalue weighted by Gasteiger charge is 2.26. The first kappa shape index (κ1) is 20.3. The number of nitrogens with zero attached hydrogens (tertiary/aromatic N) is 1. The van der Waals surface area contributed by atoms with E-state index in [0.29, 0.717) is 17.2 Å². The van der Waals surface area contributed by atoms with E-state index in [1.165, 1.54) is 5.56 Å². The van der Waals surface area contributed by atoms with Gasteiger partial charge in [0.05, 0.1) is 34.5 Å². The van der Waals surface area contributed by atoms with Crippen LogP contribution in [0.2, 0.25) is 0 Å². The fourth-order valence-electron chi connectivity index (χ4n) is 3.78. The second-order valence-corrected chi connectivity index (χ2v) is 6.77. The normalized spacial score (nSPS) is 16.1. The smallest absolute Gasteiger partial charge is 0.203 e. The molecule has 1 N–H and O–H groups in total. The molecule has 2 aromatic carbocycles. The first-order valence-electron chi connectivity index (χ1n) is 9.60. The Morgan fingerprint density at radius 1 is 0.786 bits per heavy atom. The van der Waals surface area contributed by atoms with Gasteiger partial charge >= 0.3 is 0 Å². The summed E-state index contributed by atoms with van der Waals surface area (Å²) < 4.78 is 22.0. The van der Waals surface area contributed by atoms with E-state index in [4.69, 9.17) is 18.9 Å². The van der Waals surface area contributed by atoms with Crippen LogP contribution < -0.4 is 24.3 Å². The van der Waals surface area contributed by atoms with Gasteiger partial charge in [-0.25, -0.2) is 0 Å². The molecule has 6 nitrogen and oxygen atoms in total. The first-order valence-corrected chi connectivity index (χ1v) is 9.60. The Morgan fingerprint density at radius 3 is 2.04 bits per heavy atom. The van der Waals surface area contributed by atoms with Crippen LogP contribution in [-0.2, 0) is 0 Å². The van der Waals surface area contributed by atoms with Gasteiger partial charge in [-0.1, -0.05) is 12.1 Å². The number of benzene rings is 2. The summed E-state index contributed by atoms with van der Waals surface area (Å²) in [5.74, 6) is 2.80. The topological polar surface area (TPSA) is 52.2 Å². The molecule has 1 unspecified atom stereocenters. The van der Waals surface area contributed by atoms with Gasteiger partial charge in [0.25, 0.3) is 0 Å². The maximum atomic E-state index is 5.60. The summed E-state index contributed by atoms with van der Waals surface area (Å²) in [4.78, 5) is 2.50. The SMILES string of the molecule is COc1ccc(C(c2cc(OC)c(OC)c(OC)c2)N2CCCNCC2)cc1. The van der Waals surface area contributed by atoms with E-state index in [0.717, 1.165) is 43.9 Å². The molecule has 1 atom stereocenters. The minimum atomic E-state index is 0.0829. The van der Waals surface area contributed by atoms with Crippen molar-refractivity contribution in [1.82, 2.24) is 10.2 Å². The van der Waals surface area contributed by atoms with Crippen LogP contribution in [0, 0.1) is 0 Å². The summed E-state index contributed by atoms with van der Waals surface area (Å²) in [5.41, 5.74) is 2.32. The molecule has 0 aliphatic carbocycles. The average molecular weight is 386 g/mol. The molecule has 1 aliphatic rings. The van der Waals surface area contributed by atoms with Gasteiger partial charge in [-0.15, -0.1) is 0 Å². The van der Waals surface area contributed by atoms with Gasteiger partial charge in [-0.2, -0.15) is 0 Å². The zero-order valence-electron chi connectivity index (χ0n) is 17.2. The highest BCUT2D eigenvalue weighted by atomic mass is 16.5. The van der Waals surface area contributed by atoms with E-state index in [-0.39, 0.29) is 6.04 Å². The van der Waals surface area contributed by atoms with Crippen molar-refractivity contribution in [1.29, 1.82) is 0 Å². The van der Waals surface area contributed by atoms with Gasteiger partial charge in [0.2, 0.25) is 5.75 Å². The highest BCUT2D eigenvalue weighted by Crippen LogP contribution is 2.42. The van der Waals surface area contributed by atoms with Crippen molar-refractivity contribution in [3.8, 4) is 23.0 Å². The predicted octanol–water partition coefficient (Wildman–Crippen LogP) is 3.11. The summed E-state index contributed by atoms with van der Waals surface area (Å²) in [7, 11) is 6.62. The molecule has 1 aliphatic heterocycles. The van der Waals surface area contributed by atoms with Crippen molar-refractivity contribution in [2.24, 2.45) is 0 Å². The lowest BCUT2D eigenvalue weighted by molar-refractivity contribution is 0.239. The Kier molecular flexibility index (Phi) is 7.01. The minimum absolute atomic E-state index is 0.0829. The Bertz CT molecular complexity index is 731. The fraction of sp³-hybridized carbons (Fsp3) is 0.455. The maximum Gasteiger partial charge on any atom is 0.203 e. The zero-order valence-corrected chi connectivity index (χ0v) is 17.2. The second kappa shape index (κ2) is 9.66.